The molecule has 0 saturated heterocycles. The van der Waals surface area contributed by atoms with Crippen molar-refractivity contribution in [2.45, 2.75) is 37.3 Å². The molecule has 0 atom stereocenters. The Kier molecular flexibility index (Phi) is 5.02. The highest BCUT2D eigenvalue weighted by Gasteiger charge is 2.47. The lowest BCUT2D eigenvalue weighted by Crippen LogP contribution is -2.46. The summed E-state index contributed by atoms with van der Waals surface area (Å²) in [5, 5.41) is 2.85. The smallest absolute Gasteiger partial charge is 0.325 e. The molecule has 3 aromatic rings. The van der Waals surface area contributed by atoms with Crippen molar-refractivity contribution in [1.29, 1.82) is 0 Å². The lowest BCUT2D eigenvalue weighted by atomic mass is 9.65. The first kappa shape index (κ1) is 21.3. The second kappa shape index (κ2) is 7.79. The minimum atomic E-state index is -4.63. The number of nitrogens with one attached hydrogen (secondary N) is 1. The number of hydrogen-bond donors (Lipinski definition) is 1. The van der Waals surface area contributed by atoms with Crippen molar-refractivity contribution in [1.82, 2.24) is 15.0 Å². The molecule has 1 aromatic carbocycles. The molecule has 2 aliphatic rings. The number of aromatic nitrogens is 3. The summed E-state index contributed by atoms with van der Waals surface area (Å²) < 4.78 is 52.2. The summed E-state index contributed by atoms with van der Waals surface area (Å²) in [6, 6.07) is 10.5. The molecule has 1 aliphatic heterocycles. The van der Waals surface area contributed by atoms with Crippen LogP contribution in [-0.4, -0.2) is 27.4 Å². The maximum Gasteiger partial charge on any atom is 0.451 e. The molecule has 3 heterocycles. The van der Waals surface area contributed by atoms with Gasteiger partial charge in [0.1, 0.15) is 11.6 Å². The molecule has 1 aliphatic carbocycles. The van der Waals surface area contributed by atoms with E-state index in [1.54, 1.807) is 17.0 Å². The van der Waals surface area contributed by atoms with Crippen molar-refractivity contribution in [2.75, 3.05) is 16.8 Å². The summed E-state index contributed by atoms with van der Waals surface area (Å²) in [6.45, 7) is 0.425. The van der Waals surface area contributed by atoms with E-state index >= 15 is 0 Å². The Morgan fingerprint density at radius 3 is 2.45 bits per heavy atom. The molecule has 0 bridgehead atoms. The number of anilines is 3. The van der Waals surface area contributed by atoms with Gasteiger partial charge in [0.25, 0.3) is 0 Å². The number of amides is 1. The number of carbonyl (C=O) groups is 1. The van der Waals surface area contributed by atoms with E-state index in [1.165, 1.54) is 30.3 Å². The first-order valence-electron chi connectivity index (χ1n) is 10.5. The second-order valence-electron chi connectivity index (χ2n) is 8.20. The molecular weight excluding hydrogens is 438 g/mol. The predicted molar refractivity (Wildman–Crippen MR) is 113 cm³/mol. The number of carbonyl (C=O) groups excluding carboxylic acids is 1. The maximum atomic E-state index is 13.2. The van der Waals surface area contributed by atoms with Crippen LogP contribution in [0.3, 0.4) is 0 Å². The summed E-state index contributed by atoms with van der Waals surface area (Å²) in [4.78, 5) is 26.6. The standard InChI is InChI=1S/C23H19F4N5O/c24-14-2-4-15(5-3-14)29-21(33)22(10-1-11-22)18-7-6-17-16(30-18)9-13-32(17)19-8-12-28-20(31-19)23(25,26)27/h2-8,12H,1,9-11,13H2,(H,29,33). The molecule has 0 unspecified atom stereocenters. The average molecular weight is 457 g/mol. The van der Waals surface area contributed by atoms with Crippen LogP contribution in [0.1, 0.15) is 36.5 Å². The van der Waals surface area contributed by atoms with Crippen LogP contribution in [0, 0.1) is 5.82 Å². The zero-order chi connectivity index (χ0) is 23.2. The summed E-state index contributed by atoms with van der Waals surface area (Å²) in [7, 11) is 0. The van der Waals surface area contributed by atoms with Crippen LogP contribution < -0.4 is 10.2 Å². The highest BCUT2D eigenvalue weighted by Crippen LogP contribution is 2.45. The number of nitrogens with zero attached hydrogens (tertiary/aromatic N) is 4. The van der Waals surface area contributed by atoms with Gasteiger partial charge in [-0.25, -0.2) is 14.4 Å². The number of halogens is 4. The van der Waals surface area contributed by atoms with Gasteiger partial charge in [0.15, 0.2) is 0 Å². The van der Waals surface area contributed by atoms with Crippen molar-refractivity contribution in [3.05, 3.63) is 71.7 Å². The number of fused-ring (bicyclic) bond motifs is 1. The van der Waals surface area contributed by atoms with E-state index < -0.39 is 17.4 Å². The van der Waals surface area contributed by atoms with E-state index in [0.717, 1.165) is 12.6 Å². The summed E-state index contributed by atoms with van der Waals surface area (Å²) in [5.41, 5.74) is 1.73. The fourth-order valence-electron chi connectivity index (χ4n) is 4.32. The van der Waals surface area contributed by atoms with Crippen LogP contribution in [0.25, 0.3) is 0 Å². The van der Waals surface area contributed by atoms with Crippen molar-refractivity contribution >= 4 is 23.1 Å². The van der Waals surface area contributed by atoms with Gasteiger partial charge in [0.2, 0.25) is 11.7 Å². The van der Waals surface area contributed by atoms with E-state index in [4.69, 9.17) is 4.98 Å². The molecule has 0 spiro atoms. The zero-order valence-corrected chi connectivity index (χ0v) is 17.4. The molecule has 1 saturated carbocycles. The van der Waals surface area contributed by atoms with Gasteiger partial charge < -0.3 is 10.2 Å². The number of rotatable bonds is 4. The second-order valence-corrected chi connectivity index (χ2v) is 8.20. The van der Waals surface area contributed by atoms with Crippen LogP contribution in [-0.2, 0) is 22.8 Å². The molecule has 6 nitrogen and oxygen atoms in total. The SMILES string of the molecule is O=C(Nc1ccc(F)cc1)C1(c2ccc3c(n2)CCN3c2ccnc(C(F)(F)F)n2)CCC1. The van der Waals surface area contributed by atoms with Crippen LogP contribution >= 0.6 is 0 Å². The third kappa shape index (κ3) is 3.79. The van der Waals surface area contributed by atoms with Crippen molar-refractivity contribution in [2.24, 2.45) is 0 Å². The van der Waals surface area contributed by atoms with Gasteiger partial charge in [-0.05, 0) is 55.3 Å². The third-order valence-corrected chi connectivity index (χ3v) is 6.22. The molecular formula is C23H19F4N5O. The predicted octanol–water partition coefficient (Wildman–Crippen LogP) is 4.78. The Morgan fingerprint density at radius 1 is 1.03 bits per heavy atom. The molecule has 0 radical (unpaired) electrons. The Morgan fingerprint density at radius 2 is 1.79 bits per heavy atom. The quantitative estimate of drug-likeness (QED) is 0.571. The highest BCUT2D eigenvalue weighted by molar-refractivity contribution is 5.99. The van der Waals surface area contributed by atoms with E-state index in [-0.39, 0.29) is 17.5 Å². The largest absolute Gasteiger partial charge is 0.451 e. The number of benzene rings is 1. The Hall–Kier alpha value is -3.56. The van der Waals surface area contributed by atoms with Gasteiger partial charge in [-0.15, -0.1) is 0 Å². The minimum Gasteiger partial charge on any atom is -0.325 e. The first-order valence-corrected chi connectivity index (χ1v) is 10.5. The zero-order valence-electron chi connectivity index (χ0n) is 17.4. The summed E-state index contributed by atoms with van der Waals surface area (Å²) >= 11 is 0. The van der Waals surface area contributed by atoms with Crippen LogP contribution in [0.5, 0.6) is 0 Å². The number of alkyl halides is 3. The molecule has 33 heavy (non-hydrogen) atoms. The lowest BCUT2D eigenvalue weighted by molar-refractivity contribution is -0.144. The van der Waals surface area contributed by atoms with E-state index in [9.17, 15) is 22.4 Å². The van der Waals surface area contributed by atoms with Gasteiger partial charge in [-0.3, -0.25) is 9.78 Å². The summed E-state index contributed by atoms with van der Waals surface area (Å²) in [6.07, 6.45) is -0.872. The molecule has 170 valence electrons. The lowest BCUT2D eigenvalue weighted by Gasteiger charge is -2.40. The maximum absolute atomic E-state index is 13.2. The van der Waals surface area contributed by atoms with Crippen molar-refractivity contribution in [3.63, 3.8) is 0 Å². The van der Waals surface area contributed by atoms with E-state index in [2.05, 4.69) is 15.3 Å². The molecule has 10 heteroatoms. The van der Waals surface area contributed by atoms with Gasteiger partial charge in [-0.1, -0.05) is 6.42 Å². The highest BCUT2D eigenvalue weighted by atomic mass is 19.4. The van der Waals surface area contributed by atoms with E-state index in [0.29, 0.717) is 48.6 Å². The van der Waals surface area contributed by atoms with Crippen LogP contribution in [0.2, 0.25) is 0 Å². The van der Waals surface area contributed by atoms with Crippen molar-refractivity contribution in [3.8, 4) is 0 Å². The number of hydrogen-bond acceptors (Lipinski definition) is 5. The molecule has 2 aromatic heterocycles. The summed E-state index contributed by atoms with van der Waals surface area (Å²) in [5.74, 6) is -1.63. The number of pyridine rings is 1. The Labute approximate surface area is 186 Å². The van der Waals surface area contributed by atoms with E-state index in [1.807, 2.05) is 0 Å². The fourth-order valence-corrected chi connectivity index (χ4v) is 4.32. The van der Waals surface area contributed by atoms with Gasteiger partial charge in [-0.2, -0.15) is 13.2 Å². The van der Waals surface area contributed by atoms with Crippen molar-refractivity contribution < 1.29 is 22.4 Å². The van der Waals surface area contributed by atoms with Crippen LogP contribution in [0.15, 0.2) is 48.7 Å². The molecule has 1 fully saturated rings. The van der Waals surface area contributed by atoms with Gasteiger partial charge in [0.05, 0.1) is 22.5 Å². The van der Waals surface area contributed by atoms with Gasteiger partial charge in [0, 0.05) is 24.8 Å². The minimum absolute atomic E-state index is 0.151. The Balaban J connectivity index is 1.42. The molecule has 1 amide bonds. The first-order chi connectivity index (χ1) is 15.8. The average Bonchev–Trinajstić information content (AvgIpc) is 3.17. The van der Waals surface area contributed by atoms with Crippen LogP contribution in [0.4, 0.5) is 34.8 Å². The molecule has 1 N–H and O–H groups in total. The molecule has 5 rings (SSSR count). The monoisotopic (exact) mass is 457 g/mol. The third-order valence-electron chi connectivity index (χ3n) is 6.22. The normalized spacial score (nSPS) is 16.8. The van der Waals surface area contributed by atoms with Gasteiger partial charge >= 0.3 is 6.18 Å². The Bertz CT molecular complexity index is 1210. The fraction of sp³-hybridized carbons (Fsp3) is 0.304. The topological polar surface area (TPSA) is 71.0 Å².